The number of hydrogen-bond acceptors (Lipinski definition) is 4. The van der Waals surface area contributed by atoms with E-state index in [4.69, 9.17) is 9.47 Å². The Balaban J connectivity index is 1.60. The first kappa shape index (κ1) is 25.6. The van der Waals surface area contributed by atoms with E-state index in [2.05, 4.69) is 40.1 Å². The second kappa shape index (κ2) is 11.9. The maximum Gasteiger partial charge on any atom is 0.225 e. The number of carbonyl (C=O) groups is 1. The summed E-state index contributed by atoms with van der Waals surface area (Å²) in [5.74, 6) is 2.90. The minimum atomic E-state index is 0.0262. The number of ether oxygens (including phenoxy) is 2. The Morgan fingerprint density at radius 2 is 1.77 bits per heavy atom. The summed E-state index contributed by atoms with van der Waals surface area (Å²) < 4.78 is 11.2. The van der Waals surface area contributed by atoms with Gasteiger partial charge in [0, 0.05) is 49.6 Å². The second-order valence-corrected chi connectivity index (χ2v) is 10.6. The summed E-state index contributed by atoms with van der Waals surface area (Å²) in [6, 6.07) is 17.2. The van der Waals surface area contributed by atoms with Crippen LogP contribution in [0.1, 0.15) is 63.0 Å². The van der Waals surface area contributed by atoms with Gasteiger partial charge in [0.2, 0.25) is 5.91 Å². The van der Waals surface area contributed by atoms with Gasteiger partial charge in [0.25, 0.3) is 0 Å². The number of likely N-dealkylation sites (tertiary alicyclic amines) is 1. The van der Waals surface area contributed by atoms with Crippen LogP contribution in [0.2, 0.25) is 0 Å². The molecule has 2 aliphatic rings. The molecule has 5 nitrogen and oxygen atoms in total. The predicted molar refractivity (Wildman–Crippen MR) is 141 cm³/mol. The van der Waals surface area contributed by atoms with Crippen molar-refractivity contribution >= 4 is 5.91 Å². The van der Waals surface area contributed by atoms with Crippen LogP contribution in [0.5, 0.6) is 11.5 Å². The number of benzene rings is 2. The molecule has 1 amide bonds. The smallest absolute Gasteiger partial charge is 0.225 e. The monoisotopic (exact) mass is 478 g/mol. The van der Waals surface area contributed by atoms with Crippen molar-refractivity contribution in [1.82, 2.24) is 9.80 Å². The molecule has 1 heterocycles. The van der Waals surface area contributed by atoms with E-state index in [1.807, 2.05) is 32.0 Å². The van der Waals surface area contributed by atoms with Crippen LogP contribution >= 0.6 is 0 Å². The third-order valence-electron chi connectivity index (χ3n) is 7.85. The number of carbonyl (C=O) groups excluding carboxylic acids is 1. The third kappa shape index (κ3) is 6.19. The maximum atomic E-state index is 13.4. The lowest BCUT2D eigenvalue weighted by Crippen LogP contribution is -2.47. The highest BCUT2D eigenvalue weighted by Crippen LogP contribution is 2.37. The fraction of sp³-hybridized carbons (Fsp3) is 0.567. The lowest BCUT2D eigenvalue weighted by molar-refractivity contribution is -0.138. The number of amides is 1. The molecular weight excluding hydrogens is 436 g/mol. The van der Waals surface area contributed by atoms with E-state index in [0.717, 1.165) is 50.5 Å². The first-order chi connectivity index (χ1) is 17.0. The van der Waals surface area contributed by atoms with Gasteiger partial charge in [0.1, 0.15) is 11.5 Å². The Morgan fingerprint density at radius 1 is 1.00 bits per heavy atom. The standard InChI is InChI=1S/C30H42N2O3/c1-22(2)30(33)32(26-13-6-5-7-14-26)20-25-19-31(18-24-11-8-9-16-29(24)35-4)21-28(25)23-12-10-15-27(17-23)34-3/h8-12,15-17,22,25-26,28H,5-7,13-14,18-21H2,1-4H3. The average molecular weight is 479 g/mol. The zero-order valence-corrected chi connectivity index (χ0v) is 21.9. The third-order valence-corrected chi connectivity index (χ3v) is 7.85. The Labute approximate surface area is 211 Å². The van der Waals surface area contributed by atoms with Crippen LogP contribution in [0.3, 0.4) is 0 Å². The van der Waals surface area contributed by atoms with Crippen LogP contribution < -0.4 is 9.47 Å². The first-order valence-corrected chi connectivity index (χ1v) is 13.3. The van der Waals surface area contributed by atoms with Crippen LogP contribution in [0, 0.1) is 11.8 Å². The van der Waals surface area contributed by atoms with E-state index in [1.165, 1.54) is 30.4 Å². The number of rotatable bonds is 9. The Bertz CT molecular complexity index is 970. The van der Waals surface area contributed by atoms with Crippen molar-refractivity contribution in [3.63, 3.8) is 0 Å². The molecule has 0 bridgehead atoms. The lowest BCUT2D eigenvalue weighted by atomic mass is 9.86. The van der Waals surface area contributed by atoms with Gasteiger partial charge >= 0.3 is 0 Å². The van der Waals surface area contributed by atoms with Crippen LogP contribution in [-0.2, 0) is 11.3 Å². The van der Waals surface area contributed by atoms with E-state index in [1.54, 1.807) is 14.2 Å². The summed E-state index contributed by atoms with van der Waals surface area (Å²) in [6.45, 7) is 7.69. The fourth-order valence-electron chi connectivity index (χ4n) is 5.99. The van der Waals surface area contributed by atoms with E-state index in [-0.39, 0.29) is 5.92 Å². The van der Waals surface area contributed by atoms with E-state index in [0.29, 0.717) is 23.8 Å². The average Bonchev–Trinajstić information content (AvgIpc) is 3.29. The van der Waals surface area contributed by atoms with Crippen LogP contribution in [-0.4, -0.2) is 55.6 Å². The van der Waals surface area contributed by atoms with Gasteiger partial charge in [-0.25, -0.2) is 0 Å². The van der Waals surface area contributed by atoms with Crippen molar-refractivity contribution in [2.24, 2.45) is 11.8 Å². The molecule has 0 aromatic heterocycles. The molecule has 1 saturated carbocycles. The topological polar surface area (TPSA) is 42.0 Å². The lowest BCUT2D eigenvalue weighted by Gasteiger charge is -2.38. The molecule has 2 aromatic rings. The molecule has 2 atom stereocenters. The molecule has 0 spiro atoms. The van der Waals surface area contributed by atoms with Gasteiger partial charge in [-0.05, 0) is 42.5 Å². The zero-order valence-electron chi connectivity index (χ0n) is 21.9. The number of para-hydroxylation sites is 1. The summed E-state index contributed by atoms with van der Waals surface area (Å²) in [5, 5.41) is 0. The zero-order chi connectivity index (χ0) is 24.8. The maximum absolute atomic E-state index is 13.4. The molecular formula is C30H42N2O3. The molecule has 1 saturated heterocycles. The Kier molecular flexibility index (Phi) is 8.72. The van der Waals surface area contributed by atoms with Gasteiger partial charge in [-0.2, -0.15) is 0 Å². The van der Waals surface area contributed by atoms with Crippen molar-refractivity contribution in [2.45, 2.75) is 64.5 Å². The van der Waals surface area contributed by atoms with Gasteiger partial charge in [-0.1, -0.05) is 63.4 Å². The van der Waals surface area contributed by atoms with Gasteiger partial charge in [0.05, 0.1) is 14.2 Å². The highest BCUT2D eigenvalue weighted by Gasteiger charge is 2.38. The van der Waals surface area contributed by atoms with Crippen LogP contribution in [0.4, 0.5) is 0 Å². The Hall–Kier alpha value is -2.53. The number of hydrogen-bond donors (Lipinski definition) is 0. The summed E-state index contributed by atoms with van der Waals surface area (Å²) in [7, 11) is 3.47. The largest absolute Gasteiger partial charge is 0.497 e. The molecule has 4 rings (SSSR count). The molecule has 1 aliphatic carbocycles. The molecule has 190 valence electrons. The Morgan fingerprint density at radius 3 is 2.49 bits per heavy atom. The summed E-state index contributed by atoms with van der Waals surface area (Å²) in [5.41, 5.74) is 2.51. The molecule has 2 aromatic carbocycles. The predicted octanol–water partition coefficient (Wildman–Crippen LogP) is 5.74. The molecule has 5 heteroatoms. The molecule has 0 radical (unpaired) electrons. The molecule has 0 N–H and O–H groups in total. The summed E-state index contributed by atoms with van der Waals surface area (Å²) in [4.78, 5) is 18.2. The summed E-state index contributed by atoms with van der Waals surface area (Å²) >= 11 is 0. The van der Waals surface area contributed by atoms with Gasteiger partial charge in [0.15, 0.2) is 0 Å². The van der Waals surface area contributed by atoms with Crippen molar-refractivity contribution in [3.8, 4) is 11.5 Å². The van der Waals surface area contributed by atoms with Crippen molar-refractivity contribution in [2.75, 3.05) is 33.9 Å². The van der Waals surface area contributed by atoms with Crippen molar-refractivity contribution < 1.29 is 14.3 Å². The van der Waals surface area contributed by atoms with Crippen LogP contribution in [0.15, 0.2) is 48.5 Å². The highest BCUT2D eigenvalue weighted by molar-refractivity contribution is 5.78. The number of methoxy groups -OCH3 is 2. The van der Waals surface area contributed by atoms with Crippen LogP contribution in [0.25, 0.3) is 0 Å². The highest BCUT2D eigenvalue weighted by atomic mass is 16.5. The molecule has 2 fully saturated rings. The second-order valence-electron chi connectivity index (χ2n) is 10.6. The minimum Gasteiger partial charge on any atom is -0.497 e. The molecule has 1 aliphatic heterocycles. The summed E-state index contributed by atoms with van der Waals surface area (Å²) in [6.07, 6.45) is 6.04. The minimum absolute atomic E-state index is 0.0262. The van der Waals surface area contributed by atoms with Gasteiger partial charge in [-0.15, -0.1) is 0 Å². The van der Waals surface area contributed by atoms with E-state index >= 15 is 0 Å². The first-order valence-electron chi connectivity index (χ1n) is 13.3. The SMILES string of the molecule is COc1cccc(C2CN(Cc3ccccc3OC)CC2CN(C(=O)C(C)C)C2CCCCC2)c1. The van der Waals surface area contributed by atoms with E-state index in [9.17, 15) is 4.79 Å². The number of nitrogens with zero attached hydrogens (tertiary/aromatic N) is 2. The molecule has 35 heavy (non-hydrogen) atoms. The van der Waals surface area contributed by atoms with E-state index < -0.39 is 0 Å². The van der Waals surface area contributed by atoms with Crippen molar-refractivity contribution in [1.29, 1.82) is 0 Å². The molecule has 2 unspecified atom stereocenters. The fourth-order valence-corrected chi connectivity index (χ4v) is 5.99. The van der Waals surface area contributed by atoms with Crippen molar-refractivity contribution in [3.05, 3.63) is 59.7 Å². The normalized spacial score (nSPS) is 21.3. The van der Waals surface area contributed by atoms with Gasteiger partial charge < -0.3 is 14.4 Å². The quantitative estimate of drug-likeness (QED) is 0.461. The van der Waals surface area contributed by atoms with Gasteiger partial charge in [-0.3, -0.25) is 9.69 Å².